The van der Waals surface area contributed by atoms with Gasteiger partial charge in [0.1, 0.15) is 24.6 Å². The Morgan fingerprint density at radius 2 is 2.38 bits per heavy atom. The van der Waals surface area contributed by atoms with Gasteiger partial charge in [-0.25, -0.2) is 4.79 Å². The summed E-state index contributed by atoms with van der Waals surface area (Å²) in [6.45, 7) is 1.65. The number of nitrogen functional groups attached to an aromatic ring is 1. The van der Waals surface area contributed by atoms with Gasteiger partial charge in [-0.2, -0.15) is 4.98 Å². The van der Waals surface area contributed by atoms with Crippen LogP contribution >= 0.6 is 0 Å². The number of nitrogens with zero attached hydrogens (tertiary/aromatic N) is 2. The van der Waals surface area contributed by atoms with Crippen molar-refractivity contribution in [3.05, 3.63) is 22.2 Å². The van der Waals surface area contributed by atoms with Crippen LogP contribution in [0.5, 0.6) is 0 Å². The molecule has 1 saturated heterocycles. The molecule has 1 aromatic heterocycles. The fourth-order valence-corrected chi connectivity index (χ4v) is 2.63. The van der Waals surface area contributed by atoms with E-state index in [9.17, 15) is 9.59 Å². The molecule has 0 unspecified atom stereocenters. The highest BCUT2D eigenvalue weighted by Crippen LogP contribution is 2.28. The van der Waals surface area contributed by atoms with Gasteiger partial charge >= 0.3 is 5.69 Å². The second-order valence-corrected chi connectivity index (χ2v) is 5.59. The summed E-state index contributed by atoms with van der Waals surface area (Å²) in [6.07, 6.45) is -0.197. The van der Waals surface area contributed by atoms with Crippen LogP contribution in [-0.4, -0.2) is 61.1 Å². The number of aromatic nitrogens is 2. The van der Waals surface area contributed by atoms with Gasteiger partial charge in [0.15, 0.2) is 0 Å². The van der Waals surface area contributed by atoms with Gasteiger partial charge in [-0.1, -0.05) is 0 Å². The summed E-state index contributed by atoms with van der Waals surface area (Å²) in [4.78, 5) is 27.6. The number of likely N-dealkylation sites (N-methyl/N-ethyl adjacent to an activating group) is 1. The first-order valence-electron chi connectivity index (χ1n) is 8.24. The Balaban J connectivity index is 2.37. The van der Waals surface area contributed by atoms with E-state index in [2.05, 4.69) is 10.3 Å². The second-order valence-electron chi connectivity index (χ2n) is 5.59. The maximum absolute atomic E-state index is 12.3. The summed E-state index contributed by atoms with van der Waals surface area (Å²) in [5.74, 6) is -0.144. The maximum Gasteiger partial charge on any atom is 0.349 e. The van der Waals surface area contributed by atoms with Crippen molar-refractivity contribution < 1.29 is 20.4 Å². The average molecular weight is 341 g/mol. The van der Waals surface area contributed by atoms with E-state index in [1.807, 2.05) is 0 Å². The maximum atomic E-state index is 12.3. The highest BCUT2D eigenvalue weighted by atomic mass is 16.6. The number of rotatable bonds is 5. The molecule has 0 bridgehead atoms. The molecule has 1 fully saturated rings. The van der Waals surface area contributed by atoms with Crippen molar-refractivity contribution in [1.82, 2.24) is 14.9 Å². The molecule has 4 atom stereocenters. The highest BCUT2D eigenvalue weighted by molar-refractivity contribution is 5.76. The number of anilines is 1. The molecule has 2 rings (SSSR count). The smallest absolute Gasteiger partial charge is 0.349 e. The predicted molar refractivity (Wildman–Crippen MR) is 86.7 cm³/mol. The molecule has 0 aromatic carbocycles. The van der Waals surface area contributed by atoms with E-state index in [0.717, 1.165) is 0 Å². The van der Waals surface area contributed by atoms with Gasteiger partial charge in [0, 0.05) is 27.3 Å². The second kappa shape index (κ2) is 7.73. The fourth-order valence-electron chi connectivity index (χ4n) is 2.63. The zero-order valence-electron chi connectivity index (χ0n) is 15.0. The van der Waals surface area contributed by atoms with Gasteiger partial charge in [0.05, 0.1) is 18.8 Å². The lowest BCUT2D eigenvalue weighted by Gasteiger charge is -2.41. The topological polar surface area (TPSA) is 118 Å². The van der Waals surface area contributed by atoms with E-state index >= 15 is 0 Å². The first-order valence-corrected chi connectivity index (χ1v) is 7.54. The largest absolute Gasteiger partial charge is 0.383 e. The number of aryl methyl sites for hydroxylation is 1. The fraction of sp³-hybridized carbons (Fsp3) is 0.667. The van der Waals surface area contributed by atoms with Crippen LogP contribution in [0, 0.1) is 6.92 Å². The van der Waals surface area contributed by atoms with Gasteiger partial charge in [0.25, 0.3) is 0 Å². The molecule has 9 nitrogen and oxygen atoms in total. The number of carbonyl (C=O) groups excluding carboxylic acids is 1. The van der Waals surface area contributed by atoms with Gasteiger partial charge in [-0.15, -0.1) is 0 Å². The summed E-state index contributed by atoms with van der Waals surface area (Å²) in [5, 5.41) is 2.47. The zero-order valence-corrected chi connectivity index (χ0v) is 14.0. The van der Waals surface area contributed by atoms with E-state index in [4.69, 9.17) is 21.3 Å². The van der Waals surface area contributed by atoms with Crippen LogP contribution in [0.4, 0.5) is 5.82 Å². The van der Waals surface area contributed by atoms with Crippen LogP contribution in [0.3, 0.4) is 0 Å². The Hall–Kier alpha value is -1.97. The van der Waals surface area contributed by atoms with E-state index in [1.54, 1.807) is 13.1 Å². The molecule has 1 amide bonds. The third kappa shape index (κ3) is 3.74. The van der Waals surface area contributed by atoms with E-state index in [1.165, 1.54) is 18.7 Å². The number of hydrogen-bond donors (Lipinski definition) is 2. The minimum Gasteiger partial charge on any atom is -0.383 e. The molecule has 134 valence electrons. The van der Waals surface area contributed by atoms with Gasteiger partial charge in [-0.05, 0) is 13.8 Å². The van der Waals surface area contributed by atoms with Crippen LogP contribution in [0.2, 0.25) is 0 Å². The summed E-state index contributed by atoms with van der Waals surface area (Å²) < 4.78 is 25.9. The molecule has 0 aliphatic carbocycles. The molecule has 9 heteroatoms. The molecule has 2 heterocycles. The SMILES string of the molecule is [2H]C[C@H]1OC[C@@H](n2cc(C)c(N)nc2=O)[C@H](OCC(=O)NC)[C@@H]1OC. The minimum atomic E-state index is -0.658. The Morgan fingerprint density at radius 3 is 3.00 bits per heavy atom. The summed E-state index contributed by atoms with van der Waals surface area (Å²) in [5.41, 5.74) is 5.78. The number of carbonyl (C=O) groups is 1. The van der Waals surface area contributed by atoms with Crippen molar-refractivity contribution in [2.75, 3.05) is 33.1 Å². The molecule has 3 N–H and O–H groups in total. The number of ether oxygens (including phenoxy) is 3. The van der Waals surface area contributed by atoms with Crippen LogP contribution in [0.1, 0.15) is 19.9 Å². The highest BCUT2D eigenvalue weighted by Gasteiger charge is 2.41. The molecule has 24 heavy (non-hydrogen) atoms. The number of nitrogens with one attached hydrogen (secondary N) is 1. The van der Waals surface area contributed by atoms with Crippen molar-refractivity contribution in [2.45, 2.75) is 38.2 Å². The Labute approximate surface area is 141 Å². The molecule has 0 radical (unpaired) electrons. The quantitative estimate of drug-likeness (QED) is 0.723. The monoisotopic (exact) mass is 341 g/mol. The van der Waals surface area contributed by atoms with Gasteiger partial charge in [0.2, 0.25) is 5.91 Å². The molecule has 1 aliphatic heterocycles. The summed E-state index contributed by atoms with van der Waals surface area (Å²) in [6, 6.07) is -0.559. The van der Waals surface area contributed by atoms with Gasteiger partial charge in [-0.3, -0.25) is 9.36 Å². The van der Waals surface area contributed by atoms with Gasteiger partial charge < -0.3 is 25.3 Å². The number of amides is 1. The van der Waals surface area contributed by atoms with E-state index < -0.39 is 30.0 Å². The number of methoxy groups -OCH3 is 1. The number of nitrogens with two attached hydrogens (primary N) is 1. The summed E-state index contributed by atoms with van der Waals surface area (Å²) >= 11 is 0. The van der Waals surface area contributed by atoms with Crippen molar-refractivity contribution in [2.24, 2.45) is 0 Å². The first kappa shape index (κ1) is 16.9. The molecule has 1 aliphatic rings. The zero-order chi connectivity index (χ0) is 18.6. The average Bonchev–Trinajstić information content (AvgIpc) is 2.61. The van der Waals surface area contributed by atoms with Crippen LogP contribution in [-0.2, 0) is 19.0 Å². The van der Waals surface area contributed by atoms with Crippen LogP contribution in [0.25, 0.3) is 0 Å². The lowest BCUT2D eigenvalue weighted by atomic mass is 9.98. The van der Waals surface area contributed by atoms with Crippen molar-refractivity contribution in [1.29, 1.82) is 0 Å². The van der Waals surface area contributed by atoms with Crippen molar-refractivity contribution >= 4 is 11.7 Å². The van der Waals surface area contributed by atoms with Crippen LogP contribution < -0.4 is 16.7 Å². The molecule has 1 aromatic rings. The van der Waals surface area contributed by atoms with E-state index in [-0.39, 0.29) is 31.8 Å². The third-order valence-electron chi connectivity index (χ3n) is 4.04. The standard InChI is InChI=1S/C15H24N4O5/c1-8-5-19(15(21)18-14(8)16)10-6-23-9(2)12(22-4)13(10)24-7-11(20)17-3/h5,9-10,12-13H,6-7H2,1-4H3,(H,17,20)(H2,16,18,21)/t9-,10-,12-,13+/m1/s1/i2D. The summed E-state index contributed by atoms with van der Waals surface area (Å²) in [7, 11) is 2.98. The lowest BCUT2D eigenvalue weighted by Crippen LogP contribution is -2.54. The molecular formula is C15H24N4O5. The predicted octanol–water partition coefficient (Wildman–Crippen LogP) is -0.760. The third-order valence-corrected chi connectivity index (χ3v) is 4.04. The molecular weight excluding hydrogens is 316 g/mol. The minimum absolute atomic E-state index is 0.0288. The van der Waals surface area contributed by atoms with Crippen molar-refractivity contribution in [3.63, 3.8) is 0 Å². The van der Waals surface area contributed by atoms with Crippen LogP contribution in [0.15, 0.2) is 11.0 Å². The molecule has 0 spiro atoms. The normalized spacial score (nSPS) is 27.5. The number of hydrogen-bond acceptors (Lipinski definition) is 7. The Bertz CT molecular complexity index is 668. The Kier molecular flexibility index (Phi) is 5.44. The van der Waals surface area contributed by atoms with Crippen molar-refractivity contribution in [3.8, 4) is 0 Å². The first-order chi connectivity index (χ1) is 11.9. The lowest BCUT2D eigenvalue weighted by molar-refractivity contribution is -0.185. The van der Waals surface area contributed by atoms with E-state index in [0.29, 0.717) is 5.56 Å². The Morgan fingerprint density at radius 1 is 1.62 bits per heavy atom. The molecule has 0 saturated carbocycles.